The number of pyridine rings is 1. The van der Waals surface area contributed by atoms with E-state index in [4.69, 9.17) is 27.9 Å². The molecular weight excluding hydrogens is 366 g/mol. The standard InChI is InChI=1S/C18H11Cl2FN2O2/c19-13-8-9-16(20)23-17(13)18(24)22-14-6-1-2-7-15(14)25-12-5-3-4-11(21)10-12/h1-10H,(H,22,24). The zero-order valence-electron chi connectivity index (χ0n) is 12.7. The fourth-order valence-electron chi connectivity index (χ4n) is 2.08. The van der Waals surface area contributed by atoms with Crippen LogP contribution in [0.5, 0.6) is 11.5 Å². The molecule has 4 nitrogen and oxygen atoms in total. The maximum absolute atomic E-state index is 13.3. The number of rotatable bonds is 4. The van der Waals surface area contributed by atoms with Gasteiger partial charge in [0.15, 0.2) is 5.75 Å². The van der Waals surface area contributed by atoms with E-state index in [-0.39, 0.29) is 15.9 Å². The second-order valence-electron chi connectivity index (χ2n) is 4.97. The monoisotopic (exact) mass is 376 g/mol. The van der Waals surface area contributed by atoms with Crippen LogP contribution in [-0.2, 0) is 0 Å². The largest absolute Gasteiger partial charge is 0.455 e. The predicted octanol–water partition coefficient (Wildman–Crippen LogP) is 5.57. The van der Waals surface area contributed by atoms with Gasteiger partial charge in [0.05, 0.1) is 10.7 Å². The van der Waals surface area contributed by atoms with E-state index in [1.807, 2.05) is 0 Å². The van der Waals surface area contributed by atoms with Gasteiger partial charge in [-0.2, -0.15) is 0 Å². The Hall–Kier alpha value is -2.63. The van der Waals surface area contributed by atoms with Crippen LogP contribution in [0.25, 0.3) is 0 Å². The van der Waals surface area contributed by atoms with Crippen LogP contribution in [0.1, 0.15) is 10.5 Å². The lowest BCUT2D eigenvalue weighted by Crippen LogP contribution is -2.15. The molecule has 0 bridgehead atoms. The molecule has 1 aromatic heterocycles. The van der Waals surface area contributed by atoms with Crippen molar-refractivity contribution in [2.45, 2.75) is 0 Å². The van der Waals surface area contributed by atoms with Crippen molar-refractivity contribution in [3.63, 3.8) is 0 Å². The fraction of sp³-hybridized carbons (Fsp3) is 0. The molecule has 0 atom stereocenters. The number of amides is 1. The number of anilines is 1. The topological polar surface area (TPSA) is 51.2 Å². The maximum Gasteiger partial charge on any atom is 0.275 e. The summed E-state index contributed by atoms with van der Waals surface area (Å²) in [5, 5.41) is 2.99. The Morgan fingerprint density at radius 2 is 1.84 bits per heavy atom. The third kappa shape index (κ3) is 4.26. The third-order valence-electron chi connectivity index (χ3n) is 3.19. The highest BCUT2D eigenvalue weighted by molar-refractivity contribution is 6.35. The Morgan fingerprint density at radius 1 is 1.04 bits per heavy atom. The molecule has 0 saturated carbocycles. The van der Waals surface area contributed by atoms with E-state index >= 15 is 0 Å². The average Bonchev–Trinajstić information content (AvgIpc) is 2.59. The van der Waals surface area contributed by atoms with Crippen LogP contribution < -0.4 is 10.1 Å². The number of halogens is 3. The summed E-state index contributed by atoms with van der Waals surface area (Å²) < 4.78 is 18.9. The molecule has 0 spiro atoms. The van der Waals surface area contributed by atoms with Crippen LogP contribution in [0, 0.1) is 5.82 Å². The van der Waals surface area contributed by atoms with Gasteiger partial charge in [-0.3, -0.25) is 4.79 Å². The van der Waals surface area contributed by atoms with Crippen molar-refractivity contribution in [2.75, 3.05) is 5.32 Å². The molecule has 1 amide bonds. The van der Waals surface area contributed by atoms with Crippen LogP contribution in [-0.4, -0.2) is 10.9 Å². The highest BCUT2D eigenvalue weighted by atomic mass is 35.5. The number of hydrogen-bond donors (Lipinski definition) is 1. The van der Waals surface area contributed by atoms with Crippen molar-refractivity contribution in [3.8, 4) is 11.5 Å². The average molecular weight is 377 g/mol. The molecule has 1 N–H and O–H groups in total. The second-order valence-corrected chi connectivity index (χ2v) is 5.77. The molecule has 0 aliphatic rings. The van der Waals surface area contributed by atoms with Crippen LogP contribution in [0.3, 0.4) is 0 Å². The summed E-state index contributed by atoms with van der Waals surface area (Å²) in [5.74, 6) is -0.308. The zero-order chi connectivity index (χ0) is 17.8. The molecule has 0 saturated heterocycles. The molecule has 0 aliphatic heterocycles. The molecule has 25 heavy (non-hydrogen) atoms. The first-order valence-corrected chi connectivity index (χ1v) is 7.94. The maximum atomic E-state index is 13.3. The highest BCUT2D eigenvalue weighted by Crippen LogP contribution is 2.30. The minimum absolute atomic E-state index is 0.00488. The van der Waals surface area contributed by atoms with Gasteiger partial charge in [-0.15, -0.1) is 0 Å². The number of para-hydroxylation sites is 2. The van der Waals surface area contributed by atoms with Crippen molar-refractivity contribution in [1.29, 1.82) is 0 Å². The van der Waals surface area contributed by atoms with Gasteiger partial charge in [-0.1, -0.05) is 41.4 Å². The molecule has 0 aliphatic carbocycles. The highest BCUT2D eigenvalue weighted by Gasteiger charge is 2.15. The molecule has 126 valence electrons. The van der Waals surface area contributed by atoms with Crippen LogP contribution in [0.4, 0.5) is 10.1 Å². The summed E-state index contributed by atoms with van der Waals surface area (Å²) in [7, 11) is 0. The van der Waals surface area contributed by atoms with Crippen molar-refractivity contribution in [3.05, 3.63) is 82.4 Å². The van der Waals surface area contributed by atoms with E-state index in [2.05, 4.69) is 10.3 Å². The molecule has 0 radical (unpaired) electrons. The smallest absolute Gasteiger partial charge is 0.275 e. The molecule has 1 heterocycles. The first-order chi connectivity index (χ1) is 12.0. The molecule has 0 fully saturated rings. The third-order valence-corrected chi connectivity index (χ3v) is 3.70. The number of benzene rings is 2. The summed E-state index contributed by atoms with van der Waals surface area (Å²) in [5.41, 5.74) is 0.379. The Bertz CT molecular complexity index is 934. The summed E-state index contributed by atoms with van der Waals surface area (Å²) in [6.45, 7) is 0. The Labute approximate surface area is 153 Å². The predicted molar refractivity (Wildman–Crippen MR) is 95.1 cm³/mol. The van der Waals surface area contributed by atoms with Crippen molar-refractivity contribution in [2.24, 2.45) is 0 Å². The first-order valence-electron chi connectivity index (χ1n) is 7.19. The summed E-state index contributed by atoms with van der Waals surface area (Å²) in [6.07, 6.45) is 0. The molecule has 2 aromatic carbocycles. The summed E-state index contributed by atoms with van der Waals surface area (Å²) in [6, 6.07) is 15.4. The van der Waals surface area contributed by atoms with Gasteiger partial charge in [0.1, 0.15) is 22.4 Å². The molecule has 0 unspecified atom stereocenters. The van der Waals surface area contributed by atoms with Crippen LogP contribution >= 0.6 is 23.2 Å². The van der Waals surface area contributed by atoms with E-state index in [0.717, 1.165) is 0 Å². The van der Waals surface area contributed by atoms with E-state index in [9.17, 15) is 9.18 Å². The van der Waals surface area contributed by atoms with Gasteiger partial charge >= 0.3 is 0 Å². The van der Waals surface area contributed by atoms with Gasteiger partial charge in [0.25, 0.3) is 5.91 Å². The number of nitrogens with one attached hydrogen (secondary N) is 1. The molecule has 3 aromatic rings. The Kier molecular flexibility index (Phi) is 5.16. The lowest BCUT2D eigenvalue weighted by Gasteiger charge is -2.12. The Balaban J connectivity index is 1.86. The number of carbonyl (C=O) groups is 1. The van der Waals surface area contributed by atoms with Crippen molar-refractivity contribution < 1.29 is 13.9 Å². The first kappa shape index (κ1) is 17.2. The van der Waals surface area contributed by atoms with E-state index in [1.54, 1.807) is 30.3 Å². The van der Waals surface area contributed by atoms with Crippen LogP contribution in [0.2, 0.25) is 10.2 Å². The van der Waals surface area contributed by atoms with Gasteiger partial charge in [0.2, 0.25) is 0 Å². The van der Waals surface area contributed by atoms with E-state index in [0.29, 0.717) is 17.2 Å². The lowest BCUT2D eigenvalue weighted by molar-refractivity contribution is 0.102. The van der Waals surface area contributed by atoms with Crippen molar-refractivity contribution in [1.82, 2.24) is 4.98 Å². The SMILES string of the molecule is O=C(Nc1ccccc1Oc1cccc(F)c1)c1nc(Cl)ccc1Cl. The number of carbonyl (C=O) groups excluding carboxylic acids is 1. The Morgan fingerprint density at radius 3 is 2.64 bits per heavy atom. The van der Waals surface area contributed by atoms with Gasteiger partial charge in [0, 0.05) is 6.07 Å². The van der Waals surface area contributed by atoms with E-state index < -0.39 is 11.7 Å². The van der Waals surface area contributed by atoms with Crippen molar-refractivity contribution >= 4 is 34.8 Å². The lowest BCUT2D eigenvalue weighted by atomic mass is 10.2. The number of aromatic nitrogens is 1. The fourth-order valence-corrected chi connectivity index (χ4v) is 2.41. The van der Waals surface area contributed by atoms with Crippen LogP contribution in [0.15, 0.2) is 60.7 Å². The van der Waals surface area contributed by atoms with E-state index in [1.165, 1.54) is 30.3 Å². The summed E-state index contributed by atoms with van der Waals surface area (Å²) in [4.78, 5) is 16.3. The second kappa shape index (κ2) is 7.51. The van der Waals surface area contributed by atoms with Gasteiger partial charge in [-0.05, 0) is 36.4 Å². The minimum Gasteiger partial charge on any atom is -0.455 e. The molecular formula is C18H11Cl2FN2O2. The molecule has 7 heteroatoms. The quantitative estimate of drug-likeness (QED) is 0.605. The number of nitrogens with zero attached hydrogens (tertiary/aromatic N) is 1. The zero-order valence-corrected chi connectivity index (χ0v) is 14.2. The number of ether oxygens (including phenoxy) is 1. The number of hydrogen-bond acceptors (Lipinski definition) is 3. The minimum atomic E-state index is -0.539. The summed E-state index contributed by atoms with van der Waals surface area (Å²) >= 11 is 11.8. The normalized spacial score (nSPS) is 10.4. The molecule has 3 rings (SSSR count). The van der Waals surface area contributed by atoms with Gasteiger partial charge < -0.3 is 10.1 Å². The van der Waals surface area contributed by atoms with Gasteiger partial charge in [-0.25, -0.2) is 9.37 Å².